The van der Waals surface area contributed by atoms with Gasteiger partial charge >= 0.3 is 0 Å². The fourth-order valence-electron chi connectivity index (χ4n) is 1.21. The first-order valence-electron chi connectivity index (χ1n) is 4.90. The molecule has 0 bridgehead atoms. The number of nitro groups is 1. The Bertz CT molecular complexity index is 454. The molecule has 0 fully saturated rings. The van der Waals surface area contributed by atoms with E-state index in [1.807, 2.05) is 0 Å². The average Bonchev–Trinajstić information content (AvgIpc) is 2.28. The minimum absolute atomic E-state index is 0. The predicted molar refractivity (Wildman–Crippen MR) is 71.3 cm³/mol. The first-order chi connectivity index (χ1) is 7.95. The molecule has 0 radical (unpaired) electrons. The van der Waals surface area contributed by atoms with Crippen LogP contribution in [0.3, 0.4) is 0 Å². The number of hydrogen-bond donors (Lipinski definition) is 2. The summed E-state index contributed by atoms with van der Waals surface area (Å²) in [6.07, 6.45) is 0. The zero-order valence-corrected chi connectivity index (χ0v) is 11.1. The minimum atomic E-state index is -0.627. The maximum Gasteiger partial charge on any atom is 0.282 e. The van der Waals surface area contributed by atoms with Gasteiger partial charge in [0.25, 0.3) is 11.6 Å². The molecule has 1 aromatic rings. The fourth-order valence-corrected chi connectivity index (χ4v) is 1.38. The summed E-state index contributed by atoms with van der Waals surface area (Å²) in [5.41, 5.74) is 5.00. The molecule has 0 aliphatic rings. The molecule has 1 atom stereocenters. The van der Waals surface area contributed by atoms with Gasteiger partial charge in [-0.1, -0.05) is 11.6 Å². The molecule has 0 heterocycles. The second-order valence-corrected chi connectivity index (χ2v) is 3.97. The molecule has 0 aliphatic heterocycles. The molecule has 1 rings (SSSR count). The quantitative estimate of drug-likeness (QED) is 0.652. The van der Waals surface area contributed by atoms with Gasteiger partial charge in [0, 0.05) is 23.7 Å². The van der Waals surface area contributed by atoms with Crippen molar-refractivity contribution in [1.29, 1.82) is 0 Å². The molecule has 8 heteroatoms. The van der Waals surface area contributed by atoms with Crippen LogP contribution in [-0.4, -0.2) is 23.4 Å². The average molecular weight is 294 g/mol. The number of nitro benzene ring substituents is 1. The lowest BCUT2D eigenvalue weighted by Crippen LogP contribution is -2.38. The van der Waals surface area contributed by atoms with Gasteiger partial charge in [0.05, 0.1) is 4.92 Å². The maximum atomic E-state index is 11.8. The third kappa shape index (κ3) is 4.14. The lowest BCUT2D eigenvalue weighted by molar-refractivity contribution is -0.385. The normalized spacial score (nSPS) is 11.3. The molecule has 3 N–H and O–H groups in total. The van der Waals surface area contributed by atoms with Crippen LogP contribution < -0.4 is 11.1 Å². The van der Waals surface area contributed by atoms with Gasteiger partial charge < -0.3 is 11.1 Å². The molecule has 0 aliphatic carbocycles. The Morgan fingerprint density at radius 3 is 2.72 bits per heavy atom. The van der Waals surface area contributed by atoms with Gasteiger partial charge in [-0.2, -0.15) is 0 Å². The van der Waals surface area contributed by atoms with Crippen molar-refractivity contribution in [3.05, 3.63) is 38.9 Å². The number of amides is 1. The number of nitrogens with one attached hydrogen (secondary N) is 1. The van der Waals surface area contributed by atoms with Crippen LogP contribution in [0.15, 0.2) is 18.2 Å². The first kappa shape index (κ1) is 16.6. The van der Waals surface area contributed by atoms with Crippen molar-refractivity contribution in [3.63, 3.8) is 0 Å². The van der Waals surface area contributed by atoms with Crippen molar-refractivity contribution in [2.45, 2.75) is 13.0 Å². The minimum Gasteiger partial charge on any atom is -0.348 e. The Balaban J connectivity index is 0.00000289. The predicted octanol–water partition coefficient (Wildman–Crippen LogP) is 1.75. The third-order valence-corrected chi connectivity index (χ3v) is 2.37. The lowest BCUT2D eigenvalue weighted by Gasteiger charge is -2.11. The topological polar surface area (TPSA) is 98.3 Å². The van der Waals surface area contributed by atoms with Crippen LogP contribution in [0.5, 0.6) is 0 Å². The largest absolute Gasteiger partial charge is 0.348 e. The molecule has 1 amide bonds. The van der Waals surface area contributed by atoms with E-state index < -0.39 is 10.8 Å². The van der Waals surface area contributed by atoms with Gasteiger partial charge in [-0.25, -0.2) is 0 Å². The van der Waals surface area contributed by atoms with Crippen LogP contribution in [-0.2, 0) is 0 Å². The van der Waals surface area contributed by atoms with Crippen molar-refractivity contribution in [2.24, 2.45) is 5.73 Å². The van der Waals surface area contributed by atoms with Crippen molar-refractivity contribution < 1.29 is 9.72 Å². The van der Waals surface area contributed by atoms with E-state index in [1.165, 1.54) is 18.2 Å². The summed E-state index contributed by atoms with van der Waals surface area (Å²) >= 11 is 5.71. The second kappa shape index (κ2) is 7.15. The molecule has 0 spiro atoms. The van der Waals surface area contributed by atoms with Gasteiger partial charge in [-0.15, -0.1) is 12.4 Å². The lowest BCUT2D eigenvalue weighted by atomic mass is 10.1. The zero-order valence-electron chi connectivity index (χ0n) is 9.55. The fraction of sp³-hybridized carbons (Fsp3) is 0.300. The smallest absolute Gasteiger partial charge is 0.282 e. The third-order valence-electron chi connectivity index (χ3n) is 2.13. The van der Waals surface area contributed by atoms with Gasteiger partial charge in [0.1, 0.15) is 5.56 Å². The first-order valence-corrected chi connectivity index (χ1v) is 5.28. The highest BCUT2D eigenvalue weighted by molar-refractivity contribution is 6.31. The van der Waals surface area contributed by atoms with Crippen molar-refractivity contribution >= 4 is 35.6 Å². The number of carbonyl (C=O) groups excluding carboxylic acids is 1. The molecule has 0 aromatic heterocycles. The number of carbonyl (C=O) groups is 1. The van der Waals surface area contributed by atoms with E-state index in [9.17, 15) is 14.9 Å². The summed E-state index contributed by atoms with van der Waals surface area (Å²) in [5.74, 6) is -0.558. The summed E-state index contributed by atoms with van der Waals surface area (Å²) in [6.45, 7) is 1.95. The number of halogens is 2. The maximum absolute atomic E-state index is 11.8. The van der Waals surface area contributed by atoms with Crippen LogP contribution in [0.4, 0.5) is 5.69 Å². The molecular weight excluding hydrogens is 281 g/mol. The highest BCUT2D eigenvalue weighted by Gasteiger charge is 2.21. The summed E-state index contributed by atoms with van der Waals surface area (Å²) in [5, 5.41) is 13.6. The molecule has 1 aromatic carbocycles. The summed E-state index contributed by atoms with van der Waals surface area (Å²) in [7, 11) is 0. The second-order valence-electron chi connectivity index (χ2n) is 3.53. The van der Waals surface area contributed by atoms with E-state index in [0.29, 0.717) is 0 Å². The Kier molecular flexibility index (Phi) is 6.61. The van der Waals surface area contributed by atoms with E-state index in [2.05, 4.69) is 5.32 Å². The van der Waals surface area contributed by atoms with Gasteiger partial charge in [-0.05, 0) is 19.1 Å². The highest BCUT2D eigenvalue weighted by Crippen LogP contribution is 2.22. The Hall–Kier alpha value is -1.37. The summed E-state index contributed by atoms with van der Waals surface area (Å²) in [6, 6.07) is 3.56. The number of nitrogens with zero attached hydrogens (tertiary/aromatic N) is 1. The van der Waals surface area contributed by atoms with E-state index >= 15 is 0 Å². The molecule has 6 nitrogen and oxygen atoms in total. The van der Waals surface area contributed by atoms with Crippen molar-refractivity contribution in [1.82, 2.24) is 5.32 Å². The highest BCUT2D eigenvalue weighted by atomic mass is 35.5. The number of benzene rings is 1. The number of hydrogen-bond acceptors (Lipinski definition) is 4. The van der Waals surface area contributed by atoms with E-state index in [1.54, 1.807) is 6.92 Å². The van der Waals surface area contributed by atoms with E-state index in [0.717, 1.165) is 0 Å². The monoisotopic (exact) mass is 293 g/mol. The molecular formula is C10H13Cl2N3O3. The molecule has 0 saturated heterocycles. The standard InChI is InChI=1S/C10H12ClN3O3.ClH/c1-6(5-12)13-10(15)8-4-7(11)2-3-9(8)14(16)17;/h2-4,6H,5,12H2,1H3,(H,13,15);1H/t6-;/m1./s1. The molecule has 0 unspecified atom stereocenters. The van der Waals surface area contributed by atoms with Crippen LogP contribution in [0.25, 0.3) is 0 Å². The van der Waals surface area contributed by atoms with E-state index in [4.69, 9.17) is 17.3 Å². The molecule has 18 heavy (non-hydrogen) atoms. The van der Waals surface area contributed by atoms with Crippen LogP contribution in [0, 0.1) is 10.1 Å². The van der Waals surface area contributed by atoms with Crippen LogP contribution in [0.1, 0.15) is 17.3 Å². The van der Waals surface area contributed by atoms with Gasteiger partial charge in [0.15, 0.2) is 0 Å². The Labute approximate surface area is 115 Å². The number of nitrogens with two attached hydrogens (primary N) is 1. The van der Waals surface area contributed by atoms with Gasteiger partial charge in [-0.3, -0.25) is 14.9 Å². The summed E-state index contributed by atoms with van der Waals surface area (Å²) < 4.78 is 0. The van der Waals surface area contributed by atoms with Crippen molar-refractivity contribution in [2.75, 3.05) is 6.54 Å². The molecule has 0 saturated carbocycles. The van der Waals surface area contributed by atoms with Gasteiger partial charge in [0.2, 0.25) is 0 Å². The Morgan fingerprint density at radius 2 is 2.22 bits per heavy atom. The van der Waals surface area contributed by atoms with Crippen LogP contribution in [0.2, 0.25) is 5.02 Å². The molecule has 100 valence electrons. The number of rotatable bonds is 4. The Morgan fingerprint density at radius 1 is 1.61 bits per heavy atom. The SMILES string of the molecule is C[C@H](CN)NC(=O)c1cc(Cl)ccc1[N+](=O)[O-].Cl. The summed E-state index contributed by atoms with van der Waals surface area (Å²) in [4.78, 5) is 21.9. The van der Waals surface area contributed by atoms with Crippen molar-refractivity contribution in [3.8, 4) is 0 Å². The zero-order chi connectivity index (χ0) is 13.0. The van der Waals surface area contributed by atoms with Crippen LogP contribution >= 0.6 is 24.0 Å². The van der Waals surface area contributed by atoms with E-state index in [-0.39, 0.29) is 41.3 Å².